The molecule has 1 unspecified atom stereocenters. The summed E-state index contributed by atoms with van der Waals surface area (Å²) in [6.45, 7) is 6.41. The van der Waals surface area contributed by atoms with Gasteiger partial charge in [-0.3, -0.25) is 4.98 Å². The third-order valence-electron chi connectivity index (χ3n) is 3.37. The van der Waals surface area contributed by atoms with Crippen LogP contribution in [-0.2, 0) is 0 Å². The smallest absolute Gasteiger partial charge is 0.124 e. The normalized spacial score (nSPS) is 12.2. The largest absolute Gasteiger partial charge is 0.496 e. The number of anilines is 1. The second-order valence-electron chi connectivity index (χ2n) is 5.23. The van der Waals surface area contributed by atoms with Gasteiger partial charge < -0.3 is 10.1 Å². The van der Waals surface area contributed by atoms with E-state index in [1.165, 1.54) is 0 Å². The first-order valence-corrected chi connectivity index (χ1v) is 6.97. The molecule has 0 bridgehead atoms. The number of nitrogens with one attached hydrogen (secondary N) is 1. The van der Waals surface area contributed by atoms with Gasteiger partial charge in [0.1, 0.15) is 5.75 Å². The van der Waals surface area contributed by atoms with Gasteiger partial charge in [-0.25, -0.2) is 0 Å². The Hall–Kier alpha value is -2.03. The minimum Gasteiger partial charge on any atom is -0.496 e. The van der Waals surface area contributed by atoms with Crippen molar-refractivity contribution in [2.24, 2.45) is 0 Å². The molecule has 0 saturated heterocycles. The highest BCUT2D eigenvalue weighted by Gasteiger charge is 2.10. The monoisotopic (exact) mass is 270 g/mol. The lowest BCUT2D eigenvalue weighted by atomic mass is 10.1. The molecule has 0 aliphatic heterocycles. The molecule has 3 heteroatoms. The quantitative estimate of drug-likeness (QED) is 0.875. The fourth-order valence-corrected chi connectivity index (χ4v) is 2.18. The first-order chi connectivity index (χ1) is 9.61. The van der Waals surface area contributed by atoms with Crippen LogP contribution in [0, 0.1) is 0 Å². The molecule has 0 saturated carbocycles. The van der Waals surface area contributed by atoms with Crippen molar-refractivity contribution in [2.45, 2.75) is 32.7 Å². The van der Waals surface area contributed by atoms with Gasteiger partial charge in [-0.05, 0) is 31.0 Å². The van der Waals surface area contributed by atoms with Gasteiger partial charge in [-0.1, -0.05) is 32.0 Å². The number of methoxy groups -OCH3 is 1. The number of para-hydroxylation sites is 1. The maximum atomic E-state index is 5.40. The summed E-state index contributed by atoms with van der Waals surface area (Å²) in [7, 11) is 1.70. The Labute approximate surface area is 121 Å². The summed E-state index contributed by atoms with van der Waals surface area (Å²) in [5.74, 6) is 1.36. The van der Waals surface area contributed by atoms with E-state index in [-0.39, 0.29) is 6.04 Å². The molecule has 1 atom stereocenters. The van der Waals surface area contributed by atoms with E-state index in [0.717, 1.165) is 22.7 Å². The van der Waals surface area contributed by atoms with E-state index in [4.69, 9.17) is 4.74 Å². The molecule has 3 nitrogen and oxygen atoms in total. The number of aromatic nitrogens is 1. The zero-order valence-corrected chi connectivity index (χ0v) is 12.6. The van der Waals surface area contributed by atoms with Crippen molar-refractivity contribution >= 4 is 5.69 Å². The van der Waals surface area contributed by atoms with Crippen LogP contribution in [0.4, 0.5) is 5.69 Å². The van der Waals surface area contributed by atoms with E-state index in [0.29, 0.717) is 5.92 Å². The van der Waals surface area contributed by atoms with Crippen LogP contribution in [0.2, 0.25) is 0 Å². The first-order valence-electron chi connectivity index (χ1n) is 6.97. The van der Waals surface area contributed by atoms with E-state index in [1.54, 1.807) is 7.11 Å². The molecule has 1 heterocycles. The molecule has 106 valence electrons. The molecule has 2 rings (SSSR count). The lowest BCUT2D eigenvalue weighted by Crippen LogP contribution is -2.08. The average molecular weight is 270 g/mol. The zero-order chi connectivity index (χ0) is 14.5. The predicted octanol–water partition coefficient (Wildman–Crippen LogP) is 4.39. The fourth-order valence-electron chi connectivity index (χ4n) is 2.18. The second-order valence-corrected chi connectivity index (χ2v) is 5.23. The van der Waals surface area contributed by atoms with E-state index < -0.39 is 0 Å². The van der Waals surface area contributed by atoms with E-state index >= 15 is 0 Å². The minimum absolute atomic E-state index is 0.165. The summed E-state index contributed by atoms with van der Waals surface area (Å²) in [6.07, 6.45) is 1.89. The Balaban J connectivity index is 2.13. The van der Waals surface area contributed by atoms with Crippen molar-refractivity contribution in [3.05, 3.63) is 53.9 Å². The van der Waals surface area contributed by atoms with Crippen LogP contribution in [0.1, 0.15) is 44.0 Å². The molecule has 0 amide bonds. The first kappa shape index (κ1) is 14.4. The Morgan fingerprint density at radius 3 is 2.40 bits per heavy atom. The zero-order valence-electron chi connectivity index (χ0n) is 12.6. The molecule has 0 fully saturated rings. The molecule has 2 aromatic rings. The molecule has 0 spiro atoms. The molecule has 20 heavy (non-hydrogen) atoms. The molecular weight excluding hydrogens is 248 g/mol. The molecule has 1 aromatic heterocycles. The third-order valence-corrected chi connectivity index (χ3v) is 3.37. The number of pyridine rings is 1. The molecule has 0 aliphatic carbocycles. The van der Waals surface area contributed by atoms with E-state index in [9.17, 15) is 0 Å². The Kier molecular flexibility index (Phi) is 4.61. The summed E-state index contributed by atoms with van der Waals surface area (Å²) in [5, 5.41) is 3.46. The van der Waals surface area contributed by atoms with Crippen LogP contribution in [0.5, 0.6) is 5.75 Å². The Morgan fingerprint density at radius 1 is 1.05 bits per heavy atom. The van der Waals surface area contributed by atoms with Crippen molar-refractivity contribution in [3.8, 4) is 5.75 Å². The summed E-state index contributed by atoms with van der Waals surface area (Å²) >= 11 is 0. The lowest BCUT2D eigenvalue weighted by molar-refractivity contribution is 0.408. The van der Waals surface area contributed by atoms with Crippen LogP contribution < -0.4 is 10.1 Å². The van der Waals surface area contributed by atoms with Crippen LogP contribution in [0.3, 0.4) is 0 Å². The molecule has 1 N–H and O–H groups in total. The van der Waals surface area contributed by atoms with Crippen molar-refractivity contribution in [3.63, 3.8) is 0 Å². The summed E-state index contributed by atoms with van der Waals surface area (Å²) in [5.41, 5.74) is 3.27. The Bertz CT molecular complexity index is 549. The van der Waals surface area contributed by atoms with Gasteiger partial charge in [0, 0.05) is 11.3 Å². The van der Waals surface area contributed by atoms with Gasteiger partial charge in [-0.2, -0.15) is 0 Å². The molecule has 0 aliphatic rings. The molecule has 0 radical (unpaired) electrons. The van der Waals surface area contributed by atoms with Gasteiger partial charge in [-0.15, -0.1) is 0 Å². The van der Waals surface area contributed by atoms with Crippen molar-refractivity contribution in [1.82, 2.24) is 4.98 Å². The van der Waals surface area contributed by atoms with E-state index in [1.807, 2.05) is 24.4 Å². The summed E-state index contributed by atoms with van der Waals surface area (Å²) in [6, 6.07) is 12.4. The van der Waals surface area contributed by atoms with Crippen LogP contribution in [-0.4, -0.2) is 12.1 Å². The minimum atomic E-state index is 0.165. The number of rotatable bonds is 5. The number of benzene rings is 1. The number of nitrogens with zero attached hydrogens (tertiary/aromatic N) is 1. The number of ether oxygens (including phenoxy) is 1. The Morgan fingerprint density at radius 2 is 1.80 bits per heavy atom. The van der Waals surface area contributed by atoms with Crippen LogP contribution in [0.25, 0.3) is 0 Å². The summed E-state index contributed by atoms with van der Waals surface area (Å²) < 4.78 is 5.40. The third kappa shape index (κ3) is 3.29. The highest BCUT2D eigenvalue weighted by Crippen LogP contribution is 2.27. The highest BCUT2D eigenvalue weighted by atomic mass is 16.5. The SMILES string of the molecule is COc1ccccc1C(C)Nc1ccc(C(C)C)nc1. The lowest BCUT2D eigenvalue weighted by Gasteiger charge is -2.18. The van der Waals surface area contributed by atoms with Gasteiger partial charge in [0.05, 0.1) is 25.0 Å². The van der Waals surface area contributed by atoms with Gasteiger partial charge >= 0.3 is 0 Å². The second kappa shape index (κ2) is 6.42. The fraction of sp³-hybridized carbons (Fsp3) is 0.353. The maximum absolute atomic E-state index is 5.40. The van der Waals surface area contributed by atoms with Crippen molar-refractivity contribution < 1.29 is 4.74 Å². The van der Waals surface area contributed by atoms with Crippen LogP contribution in [0.15, 0.2) is 42.6 Å². The predicted molar refractivity (Wildman–Crippen MR) is 83.4 cm³/mol. The van der Waals surface area contributed by atoms with Gasteiger partial charge in [0.25, 0.3) is 0 Å². The molecule has 1 aromatic carbocycles. The molecular formula is C17H22N2O. The van der Waals surface area contributed by atoms with E-state index in [2.05, 4.69) is 49.3 Å². The van der Waals surface area contributed by atoms with Gasteiger partial charge in [0.2, 0.25) is 0 Å². The standard InChI is InChI=1S/C17H22N2O/c1-12(2)16-10-9-14(11-18-16)19-13(3)15-7-5-6-8-17(15)20-4/h5-13,19H,1-4H3. The van der Waals surface area contributed by atoms with Crippen molar-refractivity contribution in [1.29, 1.82) is 0 Å². The van der Waals surface area contributed by atoms with Crippen molar-refractivity contribution in [2.75, 3.05) is 12.4 Å². The average Bonchev–Trinajstić information content (AvgIpc) is 2.47. The topological polar surface area (TPSA) is 34.1 Å². The highest BCUT2D eigenvalue weighted by molar-refractivity contribution is 5.46. The number of hydrogen-bond donors (Lipinski definition) is 1. The maximum Gasteiger partial charge on any atom is 0.124 e. The summed E-state index contributed by atoms with van der Waals surface area (Å²) in [4.78, 5) is 4.47. The van der Waals surface area contributed by atoms with Crippen LogP contribution >= 0.6 is 0 Å². The number of hydrogen-bond acceptors (Lipinski definition) is 3. The van der Waals surface area contributed by atoms with Gasteiger partial charge in [0.15, 0.2) is 0 Å².